The van der Waals surface area contributed by atoms with Crippen molar-refractivity contribution >= 4 is 28.2 Å². The second kappa shape index (κ2) is 8.92. The van der Waals surface area contributed by atoms with E-state index in [-0.39, 0.29) is 5.91 Å². The van der Waals surface area contributed by atoms with Gasteiger partial charge in [0, 0.05) is 54.9 Å². The van der Waals surface area contributed by atoms with Crippen LogP contribution in [0.3, 0.4) is 0 Å². The molecule has 1 aliphatic carbocycles. The zero-order valence-corrected chi connectivity index (χ0v) is 19.5. The number of rotatable bonds is 7. The molecule has 4 heterocycles. The highest BCUT2D eigenvalue weighted by molar-refractivity contribution is 7.15. The lowest BCUT2D eigenvalue weighted by Crippen LogP contribution is -2.63. The molecular formula is C24H31N5O2S. The van der Waals surface area contributed by atoms with Gasteiger partial charge in [0.1, 0.15) is 5.82 Å². The minimum atomic E-state index is 0.0599. The minimum absolute atomic E-state index is 0.0599. The molecule has 1 spiro atoms. The number of ether oxygens (including phenoxy) is 1. The van der Waals surface area contributed by atoms with E-state index in [1.807, 2.05) is 11.1 Å². The Balaban J connectivity index is 1.25. The Hall–Kier alpha value is -2.29. The predicted octanol–water partition coefficient (Wildman–Crippen LogP) is 3.39. The molecule has 8 heteroatoms. The number of anilines is 2. The summed E-state index contributed by atoms with van der Waals surface area (Å²) >= 11 is 1.65. The van der Waals surface area contributed by atoms with Crippen LogP contribution in [-0.2, 0) is 22.5 Å². The molecule has 3 fully saturated rings. The van der Waals surface area contributed by atoms with Crippen LogP contribution in [0.15, 0.2) is 31.0 Å². The maximum absolute atomic E-state index is 11.8. The number of morpholine rings is 1. The monoisotopic (exact) mass is 453 g/mol. The van der Waals surface area contributed by atoms with E-state index in [0.717, 1.165) is 69.0 Å². The second-order valence-corrected chi connectivity index (χ2v) is 10.8. The van der Waals surface area contributed by atoms with Crippen LogP contribution in [0.25, 0.3) is 0 Å². The maximum atomic E-state index is 11.8. The molecule has 2 aliphatic heterocycles. The number of nitrogens with one attached hydrogen (secondary N) is 1. The first kappa shape index (κ1) is 21.6. The molecule has 0 atom stereocenters. The third kappa shape index (κ3) is 4.72. The normalized spacial score (nSPS) is 20.6. The summed E-state index contributed by atoms with van der Waals surface area (Å²) in [6.07, 6.45) is 6.65. The molecular weight excluding hydrogens is 422 g/mol. The van der Waals surface area contributed by atoms with Crippen LogP contribution < -0.4 is 5.32 Å². The van der Waals surface area contributed by atoms with Crippen LogP contribution in [0.5, 0.6) is 0 Å². The topological polar surface area (TPSA) is 70.6 Å². The van der Waals surface area contributed by atoms with Gasteiger partial charge in [-0.3, -0.25) is 9.69 Å². The van der Waals surface area contributed by atoms with Gasteiger partial charge in [-0.2, -0.15) is 0 Å². The van der Waals surface area contributed by atoms with Gasteiger partial charge in [0.05, 0.1) is 13.2 Å². The number of nitrogens with zero attached hydrogens (tertiary/aromatic N) is 4. The Bertz CT molecular complexity index is 986. The fraction of sp³-hybridized carbons (Fsp3) is 0.542. The summed E-state index contributed by atoms with van der Waals surface area (Å²) in [5.41, 5.74) is 2.77. The number of aromatic nitrogens is 2. The molecule has 5 rings (SSSR count). The number of thiazole rings is 1. The van der Waals surface area contributed by atoms with E-state index in [1.54, 1.807) is 11.3 Å². The Labute approximate surface area is 193 Å². The smallest absolute Gasteiger partial charge is 0.245 e. The standard InChI is InChI=1S/C24H31N5O2S/c1-3-22(30)29-15-24(16-29)11-19(12-24)9-20-8-18(14-28-4-6-31-7-5-28)10-21(26-20)27-23-25-13-17(2)32-23/h3,8,10,13,19H,1,4-7,9,11-12,14-16H2,2H3,(H,25,26,27). The number of carbonyl (C=O) groups is 1. The van der Waals surface area contributed by atoms with E-state index in [1.165, 1.54) is 29.4 Å². The Kier molecular flexibility index (Phi) is 6.01. The number of likely N-dealkylation sites (tertiary alicyclic amines) is 1. The molecule has 7 nitrogen and oxygen atoms in total. The third-order valence-electron chi connectivity index (χ3n) is 6.78. The third-order valence-corrected chi connectivity index (χ3v) is 7.61. The van der Waals surface area contributed by atoms with Crippen molar-refractivity contribution in [2.75, 3.05) is 44.7 Å². The number of pyridine rings is 1. The van der Waals surface area contributed by atoms with E-state index >= 15 is 0 Å². The summed E-state index contributed by atoms with van der Waals surface area (Å²) in [6.45, 7) is 11.9. The molecule has 0 radical (unpaired) electrons. The van der Waals surface area contributed by atoms with Crippen LogP contribution in [0.2, 0.25) is 0 Å². The summed E-state index contributed by atoms with van der Waals surface area (Å²) in [5.74, 6) is 1.57. The van der Waals surface area contributed by atoms with Crippen molar-refractivity contribution in [3.8, 4) is 0 Å². The van der Waals surface area contributed by atoms with Gasteiger partial charge in [-0.05, 0) is 55.9 Å². The van der Waals surface area contributed by atoms with Gasteiger partial charge in [0.25, 0.3) is 0 Å². The van der Waals surface area contributed by atoms with Gasteiger partial charge in [-0.15, -0.1) is 11.3 Å². The van der Waals surface area contributed by atoms with Crippen LogP contribution in [0, 0.1) is 18.3 Å². The van der Waals surface area contributed by atoms with Crippen molar-refractivity contribution < 1.29 is 9.53 Å². The maximum Gasteiger partial charge on any atom is 0.245 e. The van der Waals surface area contributed by atoms with Gasteiger partial charge in [-0.1, -0.05) is 6.58 Å². The fourth-order valence-corrected chi connectivity index (χ4v) is 6.03. The molecule has 2 aromatic rings. The summed E-state index contributed by atoms with van der Waals surface area (Å²) in [5, 5.41) is 4.30. The molecule has 170 valence electrons. The lowest BCUT2D eigenvalue weighted by molar-refractivity contribution is -0.149. The second-order valence-electron chi connectivity index (χ2n) is 9.52. The Morgan fingerprint density at radius 2 is 2.12 bits per heavy atom. The van der Waals surface area contributed by atoms with E-state index in [9.17, 15) is 4.79 Å². The van der Waals surface area contributed by atoms with Gasteiger partial charge in [-0.25, -0.2) is 9.97 Å². The quantitative estimate of drug-likeness (QED) is 0.648. The number of aryl methyl sites for hydroxylation is 1. The number of carbonyl (C=O) groups excluding carboxylic acids is 1. The summed E-state index contributed by atoms with van der Waals surface area (Å²) < 4.78 is 5.50. The van der Waals surface area contributed by atoms with Crippen molar-refractivity contribution in [1.29, 1.82) is 0 Å². The average molecular weight is 454 g/mol. The molecule has 2 aromatic heterocycles. The molecule has 0 unspecified atom stereocenters. The average Bonchev–Trinajstić information content (AvgIpc) is 3.13. The van der Waals surface area contributed by atoms with Crippen LogP contribution >= 0.6 is 11.3 Å². The van der Waals surface area contributed by atoms with Gasteiger partial charge >= 0.3 is 0 Å². The van der Waals surface area contributed by atoms with E-state index in [2.05, 4.69) is 40.8 Å². The molecule has 3 aliphatic rings. The van der Waals surface area contributed by atoms with Gasteiger partial charge < -0.3 is 15.0 Å². The Morgan fingerprint density at radius 3 is 2.81 bits per heavy atom. The molecule has 32 heavy (non-hydrogen) atoms. The molecule has 1 N–H and O–H groups in total. The van der Waals surface area contributed by atoms with Crippen LogP contribution in [-0.4, -0.2) is 65.1 Å². The number of hydrogen-bond acceptors (Lipinski definition) is 7. The minimum Gasteiger partial charge on any atom is -0.379 e. The number of hydrogen-bond donors (Lipinski definition) is 1. The van der Waals surface area contributed by atoms with Gasteiger partial charge in [0.15, 0.2) is 5.13 Å². The van der Waals surface area contributed by atoms with Gasteiger partial charge in [0.2, 0.25) is 5.91 Å². The largest absolute Gasteiger partial charge is 0.379 e. The highest BCUT2D eigenvalue weighted by Gasteiger charge is 2.52. The summed E-state index contributed by atoms with van der Waals surface area (Å²) in [7, 11) is 0. The first-order valence-electron chi connectivity index (χ1n) is 11.4. The zero-order valence-electron chi connectivity index (χ0n) is 18.7. The predicted molar refractivity (Wildman–Crippen MR) is 126 cm³/mol. The SMILES string of the molecule is C=CC(=O)N1CC2(CC(Cc3cc(CN4CCOCC4)cc(Nc4ncc(C)s4)n3)C2)C1. The highest BCUT2D eigenvalue weighted by atomic mass is 32.1. The van der Waals surface area contributed by atoms with Crippen molar-refractivity contribution in [3.63, 3.8) is 0 Å². The molecule has 0 aromatic carbocycles. The Morgan fingerprint density at radius 1 is 1.34 bits per heavy atom. The van der Waals surface area contributed by atoms with Crippen LogP contribution in [0.1, 0.15) is 29.0 Å². The van der Waals surface area contributed by atoms with Crippen molar-refractivity contribution in [2.24, 2.45) is 11.3 Å². The highest BCUT2D eigenvalue weighted by Crippen LogP contribution is 2.52. The first-order chi connectivity index (χ1) is 15.5. The number of amides is 1. The first-order valence-corrected chi connectivity index (χ1v) is 12.2. The summed E-state index contributed by atoms with van der Waals surface area (Å²) in [4.78, 5) is 26.7. The van der Waals surface area contributed by atoms with E-state index in [0.29, 0.717) is 11.3 Å². The van der Waals surface area contributed by atoms with E-state index < -0.39 is 0 Å². The fourth-order valence-electron chi connectivity index (χ4n) is 5.36. The van der Waals surface area contributed by atoms with Crippen molar-refractivity contribution in [3.05, 3.63) is 47.1 Å². The zero-order chi connectivity index (χ0) is 22.1. The lowest BCUT2D eigenvalue weighted by Gasteiger charge is -2.59. The molecule has 1 amide bonds. The molecule has 2 saturated heterocycles. The molecule has 0 bridgehead atoms. The van der Waals surface area contributed by atoms with Crippen molar-refractivity contribution in [1.82, 2.24) is 19.8 Å². The van der Waals surface area contributed by atoms with Crippen LogP contribution in [0.4, 0.5) is 10.9 Å². The lowest BCUT2D eigenvalue weighted by atomic mass is 9.56. The van der Waals surface area contributed by atoms with E-state index in [4.69, 9.17) is 9.72 Å². The molecule has 1 saturated carbocycles. The van der Waals surface area contributed by atoms with Crippen molar-refractivity contribution in [2.45, 2.75) is 32.7 Å². The summed E-state index contributed by atoms with van der Waals surface area (Å²) in [6, 6.07) is 4.43.